The van der Waals surface area contributed by atoms with Gasteiger partial charge in [-0.2, -0.15) is 5.10 Å². The van der Waals surface area contributed by atoms with Crippen LogP contribution in [-0.4, -0.2) is 16.8 Å². The summed E-state index contributed by atoms with van der Waals surface area (Å²) in [7, 11) is 1.90. The lowest BCUT2D eigenvalue weighted by Crippen LogP contribution is -2.22. The maximum atomic E-state index is 6.30. The van der Waals surface area contributed by atoms with Crippen molar-refractivity contribution in [1.29, 1.82) is 0 Å². The molecule has 1 aromatic heterocycles. The first-order valence-electron chi connectivity index (χ1n) is 6.32. The molecule has 1 aromatic carbocycles. The Morgan fingerprint density at radius 3 is 2.53 bits per heavy atom. The molecule has 0 spiro atoms. The van der Waals surface area contributed by atoms with Gasteiger partial charge in [0, 0.05) is 28.4 Å². The molecule has 3 nitrogen and oxygen atoms in total. The van der Waals surface area contributed by atoms with E-state index in [0.717, 1.165) is 24.2 Å². The van der Waals surface area contributed by atoms with E-state index in [1.165, 1.54) is 0 Å². The minimum Gasteiger partial charge on any atom is -0.308 e. The molecule has 2 rings (SSSR count). The van der Waals surface area contributed by atoms with E-state index in [1.54, 1.807) is 6.20 Å². The molecule has 19 heavy (non-hydrogen) atoms. The molecule has 1 heterocycles. The summed E-state index contributed by atoms with van der Waals surface area (Å²) in [5.41, 5.74) is 1.96. The first kappa shape index (κ1) is 14.4. The third-order valence-electron chi connectivity index (χ3n) is 3.06. The van der Waals surface area contributed by atoms with Gasteiger partial charge in [0.15, 0.2) is 0 Å². The normalized spacial score (nSPS) is 12.6. The first-order valence-corrected chi connectivity index (χ1v) is 7.07. The van der Waals surface area contributed by atoms with Gasteiger partial charge in [0.25, 0.3) is 0 Å². The van der Waals surface area contributed by atoms with E-state index in [9.17, 15) is 0 Å². The largest absolute Gasteiger partial charge is 0.308 e. The highest BCUT2D eigenvalue weighted by atomic mass is 35.5. The number of aromatic nitrogens is 2. The van der Waals surface area contributed by atoms with Crippen LogP contribution in [0.3, 0.4) is 0 Å². The van der Waals surface area contributed by atoms with Gasteiger partial charge in [-0.15, -0.1) is 0 Å². The third kappa shape index (κ3) is 2.94. The summed E-state index contributed by atoms with van der Waals surface area (Å²) in [6.45, 7) is 3.00. The molecule has 1 N–H and O–H groups in total. The summed E-state index contributed by atoms with van der Waals surface area (Å²) >= 11 is 12.6. The second kappa shape index (κ2) is 6.42. The Bertz CT molecular complexity index is 531. The molecular weight excluding hydrogens is 281 g/mol. The van der Waals surface area contributed by atoms with Gasteiger partial charge in [-0.3, -0.25) is 4.68 Å². The fraction of sp³-hybridized carbons (Fsp3) is 0.357. The van der Waals surface area contributed by atoms with E-state index in [1.807, 2.05) is 36.0 Å². The van der Waals surface area contributed by atoms with Crippen molar-refractivity contribution < 1.29 is 0 Å². The zero-order chi connectivity index (χ0) is 13.8. The third-order valence-corrected chi connectivity index (χ3v) is 3.72. The Kier molecular flexibility index (Phi) is 4.86. The standard InChI is InChI=1S/C14H17Cl2N3/c1-3-9-19-12(7-8-18-19)14(17-2)13-10(15)5-4-6-11(13)16/h4-8,14,17H,3,9H2,1-2H3. The lowest BCUT2D eigenvalue weighted by Gasteiger charge is -2.20. The molecule has 0 saturated heterocycles. The van der Waals surface area contributed by atoms with Gasteiger partial charge >= 0.3 is 0 Å². The first-order chi connectivity index (χ1) is 9.19. The second-order valence-electron chi connectivity index (χ2n) is 4.34. The Morgan fingerprint density at radius 2 is 1.95 bits per heavy atom. The molecule has 0 aliphatic carbocycles. The van der Waals surface area contributed by atoms with Crippen molar-refractivity contribution in [1.82, 2.24) is 15.1 Å². The summed E-state index contributed by atoms with van der Waals surface area (Å²) in [5, 5.41) is 8.95. The van der Waals surface area contributed by atoms with E-state index < -0.39 is 0 Å². The second-order valence-corrected chi connectivity index (χ2v) is 5.15. The minimum absolute atomic E-state index is 0.0600. The number of hydrogen-bond acceptors (Lipinski definition) is 2. The van der Waals surface area contributed by atoms with Crippen LogP contribution in [0.5, 0.6) is 0 Å². The maximum Gasteiger partial charge on any atom is 0.0775 e. The van der Waals surface area contributed by atoms with Crippen LogP contribution in [-0.2, 0) is 6.54 Å². The van der Waals surface area contributed by atoms with Crippen LogP contribution in [0.2, 0.25) is 10.0 Å². The van der Waals surface area contributed by atoms with Crippen molar-refractivity contribution in [3.05, 3.63) is 51.8 Å². The number of nitrogens with one attached hydrogen (secondary N) is 1. The van der Waals surface area contributed by atoms with E-state index in [4.69, 9.17) is 23.2 Å². The predicted octanol–water partition coefficient (Wildman–Crippen LogP) is 3.91. The summed E-state index contributed by atoms with van der Waals surface area (Å²) < 4.78 is 1.99. The molecule has 0 saturated carbocycles. The summed E-state index contributed by atoms with van der Waals surface area (Å²) in [6, 6.07) is 7.50. The van der Waals surface area contributed by atoms with Crippen LogP contribution in [0.4, 0.5) is 0 Å². The van der Waals surface area contributed by atoms with Crippen LogP contribution in [0.25, 0.3) is 0 Å². The number of hydrogen-bond donors (Lipinski definition) is 1. The van der Waals surface area contributed by atoms with Gasteiger partial charge in [0.05, 0.1) is 11.7 Å². The molecule has 0 aliphatic rings. The SMILES string of the molecule is CCCn1nccc1C(NC)c1c(Cl)cccc1Cl. The smallest absolute Gasteiger partial charge is 0.0775 e. The fourth-order valence-corrected chi connectivity index (χ4v) is 2.83. The lowest BCUT2D eigenvalue weighted by atomic mass is 10.0. The van der Waals surface area contributed by atoms with E-state index in [0.29, 0.717) is 10.0 Å². The number of aryl methyl sites for hydroxylation is 1. The summed E-state index contributed by atoms with van der Waals surface area (Å²) in [6.07, 6.45) is 2.83. The fourth-order valence-electron chi connectivity index (χ4n) is 2.21. The maximum absolute atomic E-state index is 6.30. The number of halogens is 2. The van der Waals surface area contributed by atoms with Gasteiger partial charge in [-0.1, -0.05) is 36.2 Å². The average Bonchev–Trinajstić information content (AvgIpc) is 2.83. The van der Waals surface area contributed by atoms with Gasteiger partial charge in [0.1, 0.15) is 0 Å². The number of nitrogens with zero attached hydrogens (tertiary/aromatic N) is 2. The average molecular weight is 298 g/mol. The van der Waals surface area contributed by atoms with Gasteiger partial charge in [-0.25, -0.2) is 0 Å². The topological polar surface area (TPSA) is 29.9 Å². The van der Waals surface area contributed by atoms with Crippen molar-refractivity contribution in [2.75, 3.05) is 7.05 Å². The van der Waals surface area contributed by atoms with Crippen LogP contribution in [0, 0.1) is 0 Å². The highest BCUT2D eigenvalue weighted by Crippen LogP contribution is 2.33. The Labute approximate surface area is 123 Å². The van der Waals surface area contributed by atoms with Gasteiger partial charge in [0.2, 0.25) is 0 Å². The Balaban J connectivity index is 2.47. The van der Waals surface area contributed by atoms with Crippen molar-refractivity contribution in [3.8, 4) is 0 Å². The van der Waals surface area contributed by atoms with Gasteiger partial charge < -0.3 is 5.32 Å². The highest BCUT2D eigenvalue weighted by Gasteiger charge is 2.21. The molecule has 1 unspecified atom stereocenters. The molecular formula is C14H17Cl2N3. The highest BCUT2D eigenvalue weighted by molar-refractivity contribution is 6.36. The minimum atomic E-state index is -0.0600. The van der Waals surface area contributed by atoms with Crippen molar-refractivity contribution in [2.45, 2.75) is 25.9 Å². The van der Waals surface area contributed by atoms with Gasteiger partial charge in [-0.05, 0) is 31.7 Å². The predicted molar refractivity (Wildman–Crippen MR) is 79.9 cm³/mol. The summed E-state index contributed by atoms with van der Waals surface area (Å²) in [5.74, 6) is 0. The van der Waals surface area contributed by atoms with Crippen LogP contribution < -0.4 is 5.32 Å². The molecule has 0 radical (unpaired) electrons. The van der Waals surface area contributed by atoms with E-state index in [-0.39, 0.29) is 6.04 Å². The number of benzene rings is 1. The summed E-state index contributed by atoms with van der Waals surface area (Å²) in [4.78, 5) is 0. The number of rotatable bonds is 5. The molecule has 2 aromatic rings. The van der Waals surface area contributed by atoms with Crippen LogP contribution in [0.15, 0.2) is 30.5 Å². The lowest BCUT2D eigenvalue weighted by molar-refractivity contribution is 0.535. The molecule has 0 amide bonds. The molecule has 102 valence electrons. The van der Waals surface area contributed by atoms with Crippen LogP contribution in [0.1, 0.15) is 30.6 Å². The zero-order valence-electron chi connectivity index (χ0n) is 11.0. The molecule has 5 heteroatoms. The van der Waals surface area contributed by atoms with E-state index >= 15 is 0 Å². The molecule has 0 bridgehead atoms. The molecule has 0 fully saturated rings. The molecule has 1 atom stereocenters. The van der Waals surface area contributed by atoms with Crippen molar-refractivity contribution in [2.24, 2.45) is 0 Å². The van der Waals surface area contributed by atoms with Crippen LogP contribution >= 0.6 is 23.2 Å². The quantitative estimate of drug-likeness (QED) is 0.907. The van der Waals surface area contributed by atoms with Crippen molar-refractivity contribution >= 4 is 23.2 Å². The van der Waals surface area contributed by atoms with E-state index in [2.05, 4.69) is 17.3 Å². The Morgan fingerprint density at radius 1 is 1.26 bits per heavy atom. The molecule has 0 aliphatic heterocycles. The Hall–Kier alpha value is -1.03. The zero-order valence-corrected chi connectivity index (χ0v) is 12.5. The monoisotopic (exact) mass is 297 g/mol. The van der Waals surface area contributed by atoms with Crippen molar-refractivity contribution in [3.63, 3.8) is 0 Å².